The third kappa shape index (κ3) is 3.91. The molecule has 0 aliphatic carbocycles. The fourth-order valence-electron chi connectivity index (χ4n) is 3.89. The quantitative estimate of drug-likeness (QED) is 0.430. The molecule has 0 fully saturated rings. The molecule has 0 saturated carbocycles. The minimum Gasteiger partial charge on any atom is -0.493 e. The summed E-state index contributed by atoms with van der Waals surface area (Å²) in [6, 6.07) is 8.04. The molecule has 0 atom stereocenters. The molecule has 2 aromatic heterocycles. The van der Waals surface area contributed by atoms with Gasteiger partial charge < -0.3 is 24.2 Å². The first kappa shape index (κ1) is 21.4. The molecule has 166 valence electrons. The van der Waals surface area contributed by atoms with Crippen LogP contribution in [0.5, 0.6) is 11.5 Å². The molecule has 0 aliphatic heterocycles. The van der Waals surface area contributed by atoms with Crippen LogP contribution in [0.2, 0.25) is 0 Å². The van der Waals surface area contributed by atoms with Crippen molar-refractivity contribution in [3.05, 3.63) is 69.5 Å². The van der Waals surface area contributed by atoms with Crippen molar-refractivity contribution < 1.29 is 23.1 Å². The molecule has 32 heavy (non-hydrogen) atoms. The van der Waals surface area contributed by atoms with Crippen LogP contribution in [0.25, 0.3) is 21.9 Å². The zero-order valence-corrected chi connectivity index (χ0v) is 18.0. The number of hydrogen-bond acceptors (Lipinski definition) is 5. The number of benzene rings is 2. The van der Waals surface area contributed by atoms with E-state index < -0.39 is 5.63 Å². The zero-order chi connectivity index (χ0) is 22.8. The normalized spacial score (nSPS) is 11.1. The average molecular weight is 438 g/mol. The van der Waals surface area contributed by atoms with Crippen LogP contribution in [-0.2, 0) is 17.6 Å². The summed E-state index contributed by atoms with van der Waals surface area (Å²) >= 11 is 0. The first-order chi connectivity index (χ1) is 15.4. The molecule has 0 bridgehead atoms. The highest BCUT2D eigenvalue weighted by molar-refractivity contribution is 5.90. The number of halogens is 1. The van der Waals surface area contributed by atoms with Gasteiger partial charge in [0.25, 0.3) is 0 Å². The third-order valence-electron chi connectivity index (χ3n) is 5.58. The van der Waals surface area contributed by atoms with Crippen molar-refractivity contribution in [2.45, 2.75) is 19.8 Å². The first-order valence-corrected chi connectivity index (χ1v) is 10.1. The minimum atomic E-state index is -0.594. The van der Waals surface area contributed by atoms with Crippen LogP contribution in [0.1, 0.15) is 16.7 Å². The molecule has 0 spiro atoms. The van der Waals surface area contributed by atoms with E-state index >= 15 is 0 Å². The van der Waals surface area contributed by atoms with Crippen molar-refractivity contribution in [3.63, 3.8) is 0 Å². The Hall–Kier alpha value is -3.81. The summed E-state index contributed by atoms with van der Waals surface area (Å²) < 4.78 is 29.6. The average Bonchev–Trinajstić information content (AvgIpc) is 3.17. The first-order valence-electron chi connectivity index (χ1n) is 10.1. The minimum absolute atomic E-state index is 0.110. The summed E-state index contributed by atoms with van der Waals surface area (Å²) in [4.78, 5) is 28.2. The molecule has 2 N–H and O–H groups in total. The molecule has 8 heteroatoms. The number of methoxy groups -OCH3 is 2. The number of H-pyrrole nitrogens is 1. The molecule has 1 amide bonds. The number of hydrogen-bond donors (Lipinski definition) is 2. The largest absolute Gasteiger partial charge is 0.493 e. The molecule has 7 nitrogen and oxygen atoms in total. The Morgan fingerprint density at radius 3 is 2.72 bits per heavy atom. The second kappa shape index (κ2) is 8.74. The number of ether oxygens (including phenoxy) is 2. The topological polar surface area (TPSA) is 93.6 Å². The van der Waals surface area contributed by atoms with Gasteiger partial charge in [0.05, 0.1) is 26.2 Å². The van der Waals surface area contributed by atoms with Crippen molar-refractivity contribution >= 4 is 27.8 Å². The number of amides is 1. The predicted octanol–water partition coefficient (Wildman–Crippen LogP) is 3.64. The fraction of sp³-hybridized carbons (Fsp3) is 0.250. The Morgan fingerprint density at radius 1 is 1.16 bits per heavy atom. The van der Waals surface area contributed by atoms with Crippen LogP contribution in [0.15, 0.2) is 45.7 Å². The number of carbonyl (C=O) groups is 1. The molecule has 2 aromatic carbocycles. The molecule has 0 radical (unpaired) electrons. The van der Waals surface area contributed by atoms with Crippen LogP contribution in [0, 0.1) is 12.7 Å². The number of rotatable bonds is 7. The number of fused-ring (bicyclic) bond motifs is 2. The summed E-state index contributed by atoms with van der Waals surface area (Å²) in [6.45, 7) is 2.12. The number of aromatic nitrogens is 1. The standard InChI is InChI=1S/C24H23FN2O5/c1-13-16-5-7-20(30-2)23(31-3)22(16)32-24(29)17(13)11-21(28)26-9-8-14-12-27-19-6-4-15(25)10-18(14)19/h4-7,10,12,27H,8-9,11H2,1-3H3,(H,26,28). The van der Waals surface area contributed by atoms with Crippen LogP contribution < -0.4 is 20.4 Å². The SMILES string of the molecule is COc1ccc2c(C)c(CC(=O)NCCc3c[nH]c4ccc(F)cc34)c(=O)oc2c1OC. The lowest BCUT2D eigenvalue weighted by atomic mass is 10.0. The molecule has 2 heterocycles. The van der Waals surface area contributed by atoms with Gasteiger partial charge >= 0.3 is 5.63 Å². The highest BCUT2D eigenvalue weighted by Crippen LogP contribution is 2.36. The van der Waals surface area contributed by atoms with Gasteiger partial charge in [0.15, 0.2) is 11.3 Å². The maximum atomic E-state index is 13.5. The predicted molar refractivity (Wildman–Crippen MR) is 119 cm³/mol. The molecule has 4 aromatic rings. The molecular weight excluding hydrogens is 415 g/mol. The van der Waals surface area contributed by atoms with E-state index in [0.29, 0.717) is 35.4 Å². The van der Waals surface area contributed by atoms with E-state index in [9.17, 15) is 14.0 Å². The van der Waals surface area contributed by atoms with Gasteiger partial charge in [-0.05, 0) is 54.8 Å². The Morgan fingerprint density at radius 2 is 1.97 bits per heavy atom. The number of aromatic amines is 1. The maximum absolute atomic E-state index is 13.5. The van der Waals surface area contributed by atoms with Crippen molar-refractivity contribution in [1.82, 2.24) is 10.3 Å². The number of nitrogens with one attached hydrogen (secondary N) is 2. The summed E-state index contributed by atoms with van der Waals surface area (Å²) in [5.74, 6) is 0.169. The zero-order valence-electron chi connectivity index (χ0n) is 18.0. The lowest BCUT2D eigenvalue weighted by Crippen LogP contribution is -2.29. The highest BCUT2D eigenvalue weighted by Gasteiger charge is 2.19. The molecule has 4 rings (SSSR count). The van der Waals surface area contributed by atoms with Crippen LogP contribution in [0.3, 0.4) is 0 Å². The van der Waals surface area contributed by atoms with Crippen molar-refractivity contribution in [3.8, 4) is 11.5 Å². The van der Waals surface area contributed by atoms with Gasteiger partial charge in [-0.3, -0.25) is 4.79 Å². The summed E-state index contributed by atoms with van der Waals surface area (Å²) in [5.41, 5.74) is 2.37. The second-order valence-corrected chi connectivity index (χ2v) is 7.45. The van der Waals surface area contributed by atoms with Crippen LogP contribution in [0.4, 0.5) is 4.39 Å². The third-order valence-corrected chi connectivity index (χ3v) is 5.58. The number of carbonyl (C=O) groups excluding carboxylic acids is 1. The van der Waals surface area contributed by atoms with Gasteiger partial charge in [0, 0.05) is 29.0 Å². The molecule has 0 aliphatic rings. The van der Waals surface area contributed by atoms with E-state index in [2.05, 4.69) is 10.3 Å². The number of aryl methyl sites for hydroxylation is 1. The van der Waals surface area contributed by atoms with E-state index in [1.165, 1.54) is 26.4 Å². The van der Waals surface area contributed by atoms with Gasteiger partial charge in [-0.1, -0.05) is 0 Å². The van der Waals surface area contributed by atoms with Gasteiger partial charge in [-0.25, -0.2) is 9.18 Å². The van der Waals surface area contributed by atoms with E-state index in [-0.39, 0.29) is 29.3 Å². The van der Waals surface area contributed by atoms with Gasteiger partial charge in [0.1, 0.15) is 5.82 Å². The van der Waals surface area contributed by atoms with Crippen LogP contribution in [-0.4, -0.2) is 31.7 Å². The lowest BCUT2D eigenvalue weighted by molar-refractivity contribution is -0.120. The molecular formula is C24H23FN2O5. The monoisotopic (exact) mass is 438 g/mol. The van der Waals surface area contributed by atoms with E-state index in [1.807, 2.05) is 0 Å². The highest BCUT2D eigenvalue weighted by atomic mass is 19.1. The fourth-order valence-corrected chi connectivity index (χ4v) is 3.89. The Kier molecular flexibility index (Phi) is 5.85. The Balaban J connectivity index is 1.49. The molecule has 0 unspecified atom stereocenters. The maximum Gasteiger partial charge on any atom is 0.340 e. The molecule has 0 saturated heterocycles. The van der Waals surface area contributed by atoms with Crippen LogP contribution >= 0.6 is 0 Å². The van der Waals surface area contributed by atoms with E-state index in [4.69, 9.17) is 13.9 Å². The van der Waals surface area contributed by atoms with Gasteiger partial charge in [-0.2, -0.15) is 0 Å². The van der Waals surface area contributed by atoms with Gasteiger partial charge in [-0.15, -0.1) is 0 Å². The van der Waals surface area contributed by atoms with Crippen molar-refractivity contribution in [2.75, 3.05) is 20.8 Å². The summed E-state index contributed by atoms with van der Waals surface area (Å²) in [7, 11) is 2.97. The lowest BCUT2D eigenvalue weighted by Gasteiger charge is -2.13. The summed E-state index contributed by atoms with van der Waals surface area (Å²) in [5, 5.41) is 4.28. The Bertz CT molecular complexity index is 1370. The second-order valence-electron chi connectivity index (χ2n) is 7.45. The van der Waals surface area contributed by atoms with Crippen molar-refractivity contribution in [1.29, 1.82) is 0 Å². The smallest absolute Gasteiger partial charge is 0.340 e. The van der Waals surface area contributed by atoms with E-state index in [0.717, 1.165) is 16.5 Å². The van der Waals surface area contributed by atoms with Gasteiger partial charge in [0.2, 0.25) is 11.7 Å². The van der Waals surface area contributed by atoms with Crippen molar-refractivity contribution in [2.24, 2.45) is 0 Å². The Labute approximate surface area is 183 Å². The summed E-state index contributed by atoms with van der Waals surface area (Å²) in [6.07, 6.45) is 2.22. The van der Waals surface area contributed by atoms with E-state index in [1.54, 1.807) is 31.3 Å².